The molecule has 5 nitrogen and oxygen atoms in total. The first-order chi connectivity index (χ1) is 6.45. The second-order valence-corrected chi connectivity index (χ2v) is 5.76. The van der Waals surface area contributed by atoms with Gasteiger partial charge in [0.1, 0.15) is 0 Å². The van der Waals surface area contributed by atoms with Crippen LogP contribution >= 0.6 is 0 Å². The smallest absolute Gasteiger partial charge is 0.165 e. The summed E-state index contributed by atoms with van der Waals surface area (Å²) in [6.45, 7) is 2.72. The van der Waals surface area contributed by atoms with Crippen molar-refractivity contribution >= 4 is 9.84 Å². The Labute approximate surface area is 84.0 Å². The zero-order valence-corrected chi connectivity index (χ0v) is 9.04. The van der Waals surface area contributed by atoms with E-state index in [-0.39, 0.29) is 12.6 Å². The molecule has 0 aliphatic carbocycles. The molecule has 0 radical (unpaired) electrons. The molecule has 0 amide bonds. The lowest BCUT2D eigenvalue weighted by Gasteiger charge is -2.30. The van der Waals surface area contributed by atoms with Crippen molar-refractivity contribution in [1.29, 1.82) is 5.26 Å². The van der Waals surface area contributed by atoms with Crippen molar-refractivity contribution in [3.8, 4) is 6.07 Å². The molecule has 0 aromatic heterocycles. The molecule has 14 heavy (non-hydrogen) atoms. The van der Waals surface area contributed by atoms with E-state index >= 15 is 0 Å². The molecule has 3 unspecified atom stereocenters. The van der Waals surface area contributed by atoms with Crippen LogP contribution in [-0.2, 0) is 14.6 Å². The maximum Gasteiger partial charge on any atom is 0.165 e. The van der Waals surface area contributed by atoms with Crippen LogP contribution in [-0.4, -0.2) is 45.2 Å². The lowest BCUT2D eigenvalue weighted by atomic mass is 10.1. The molecule has 6 heteroatoms. The van der Waals surface area contributed by atoms with E-state index in [4.69, 9.17) is 10.00 Å². The minimum Gasteiger partial charge on any atom is -0.378 e. The highest BCUT2D eigenvalue weighted by molar-refractivity contribution is 7.91. The Kier molecular flexibility index (Phi) is 3.48. The van der Waals surface area contributed by atoms with Gasteiger partial charge in [0.2, 0.25) is 0 Å². The Morgan fingerprint density at radius 2 is 2.21 bits per heavy atom. The van der Waals surface area contributed by atoms with Crippen LogP contribution in [0.25, 0.3) is 0 Å². The molecule has 1 heterocycles. The van der Waals surface area contributed by atoms with Crippen molar-refractivity contribution < 1.29 is 13.2 Å². The first-order valence-corrected chi connectivity index (χ1v) is 6.33. The second kappa shape index (κ2) is 4.26. The van der Waals surface area contributed by atoms with Gasteiger partial charge in [0, 0.05) is 12.3 Å². The quantitative estimate of drug-likeness (QED) is 0.663. The van der Waals surface area contributed by atoms with Gasteiger partial charge in [0.15, 0.2) is 15.1 Å². The number of hydrogen-bond acceptors (Lipinski definition) is 5. The summed E-state index contributed by atoms with van der Waals surface area (Å²) in [5, 5.41) is 10.8. The Hall–Kier alpha value is -0.640. The molecule has 1 N–H and O–H groups in total. The van der Waals surface area contributed by atoms with Crippen LogP contribution in [0.2, 0.25) is 0 Å². The zero-order chi connectivity index (χ0) is 10.8. The normalized spacial score (nSPS) is 30.6. The second-order valence-electron chi connectivity index (χ2n) is 3.59. The van der Waals surface area contributed by atoms with E-state index in [1.54, 1.807) is 6.07 Å². The molecule has 0 saturated carbocycles. The monoisotopic (exact) mass is 218 g/mol. The van der Waals surface area contributed by atoms with E-state index in [0.717, 1.165) is 6.26 Å². The van der Waals surface area contributed by atoms with Crippen LogP contribution in [0.3, 0.4) is 0 Å². The minimum atomic E-state index is -3.34. The fourth-order valence-electron chi connectivity index (χ4n) is 1.49. The van der Waals surface area contributed by atoms with E-state index in [9.17, 15) is 8.42 Å². The zero-order valence-electron chi connectivity index (χ0n) is 8.23. The molecule has 1 rings (SSSR count). The predicted molar refractivity (Wildman–Crippen MR) is 51.4 cm³/mol. The lowest BCUT2D eigenvalue weighted by molar-refractivity contribution is 0.0528. The summed E-state index contributed by atoms with van der Waals surface area (Å²) in [6, 6.07) is 1.47. The Balaban J connectivity index is 2.76. The standard InChI is InChI=1S/C8H14N2O3S/c1-6-4-13-5-7(10-6)8(3-9)14(2,11)12/h6-8,10H,4-5H2,1-2H3. The van der Waals surface area contributed by atoms with Crippen LogP contribution in [0.15, 0.2) is 0 Å². The number of hydrogen-bond donors (Lipinski definition) is 1. The SMILES string of the molecule is CC1COCC(C(C#N)S(C)(=O)=O)N1. The van der Waals surface area contributed by atoms with Gasteiger partial charge in [0.25, 0.3) is 0 Å². The minimum absolute atomic E-state index is 0.0892. The van der Waals surface area contributed by atoms with Crippen LogP contribution in [0, 0.1) is 11.3 Å². The van der Waals surface area contributed by atoms with Gasteiger partial charge in [-0.15, -0.1) is 0 Å². The highest BCUT2D eigenvalue weighted by atomic mass is 32.2. The fraction of sp³-hybridized carbons (Fsp3) is 0.875. The lowest BCUT2D eigenvalue weighted by Crippen LogP contribution is -2.54. The number of nitrogens with zero attached hydrogens (tertiary/aromatic N) is 1. The van der Waals surface area contributed by atoms with Crippen LogP contribution in [0.1, 0.15) is 6.92 Å². The van der Waals surface area contributed by atoms with Gasteiger partial charge in [-0.05, 0) is 6.92 Å². The molecule has 1 aliphatic heterocycles. The number of sulfone groups is 1. The van der Waals surface area contributed by atoms with Crippen LogP contribution in [0.5, 0.6) is 0 Å². The summed E-state index contributed by atoms with van der Waals surface area (Å²) in [6.07, 6.45) is 1.07. The van der Waals surface area contributed by atoms with E-state index in [2.05, 4.69) is 5.32 Å². The number of ether oxygens (including phenoxy) is 1. The summed E-state index contributed by atoms with van der Waals surface area (Å²) < 4.78 is 27.7. The summed E-state index contributed by atoms with van der Waals surface area (Å²) in [5.74, 6) is 0. The first-order valence-electron chi connectivity index (χ1n) is 4.37. The molecule has 80 valence electrons. The Morgan fingerprint density at radius 1 is 1.57 bits per heavy atom. The number of nitrogens with one attached hydrogen (secondary N) is 1. The molecule has 0 spiro atoms. The number of nitriles is 1. The molecule has 0 aromatic carbocycles. The molecule has 0 bridgehead atoms. The third kappa shape index (κ3) is 2.67. The molecular formula is C8H14N2O3S. The summed E-state index contributed by atoms with van der Waals surface area (Å²) in [4.78, 5) is 0. The average Bonchev–Trinajstić information content (AvgIpc) is 2.02. The van der Waals surface area contributed by atoms with Gasteiger partial charge in [-0.25, -0.2) is 8.42 Å². The largest absolute Gasteiger partial charge is 0.378 e. The molecule has 3 atom stereocenters. The van der Waals surface area contributed by atoms with Gasteiger partial charge in [-0.1, -0.05) is 0 Å². The van der Waals surface area contributed by atoms with Gasteiger partial charge >= 0.3 is 0 Å². The van der Waals surface area contributed by atoms with Crippen molar-refractivity contribution in [1.82, 2.24) is 5.32 Å². The highest BCUT2D eigenvalue weighted by Gasteiger charge is 2.33. The van der Waals surface area contributed by atoms with Crippen LogP contribution < -0.4 is 5.32 Å². The molecule has 1 aliphatic rings. The maximum absolute atomic E-state index is 11.3. The summed E-state index contributed by atoms with van der Waals surface area (Å²) in [7, 11) is -3.34. The van der Waals surface area contributed by atoms with E-state index in [1.807, 2.05) is 6.92 Å². The molecule has 0 aromatic rings. The van der Waals surface area contributed by atoms with Crippen LogP contribution in [0.4, 0.5) is 0 Å². The third-order valence-electron chi connectivity index (χ3n) is 2.12. The van der Waals surface area contributed by atoms with Gasteiger partial charge in [0.05, 0.1) is 25.3 Å². The van der Waals surface area contributed by atoms with Crippen molar-refractivity contribution in [3.63, 3.8) is 0 Å². The van der Waals surface area contributed by atoms with Gasteiger partial charge in [-0.2, -0.15) is 5.26 Å². The molecular weight excluding hydrogens is 204 g/mol. The Bertz CT molecular complexity index is 333. The maximum atomic E-state index is 11.3. The fourth-order valence-corrected chi connectivity index (χ4v) is 2.44. The molecule has 1 saturated heterocycles. The number of rotatable bonds is 2. The van der Waals surface area contributed by atoms with E-state index < -0.39 is 21.1 Å². The van der Waals surface area contributed by atoms with Crippen molar-refractivity contribution in [2.75, 3.05) is 19.5 Å². The average molecular weight is 218 g/mol. The number of morpholine rings is 1. The third-order valence-corrected chi connectivity index (χ3v) is 3.47. The van der Waals surface area contributed by atoms with Crippen molar-refractivity contribution in [2.45, 2.75) is 24.3 Å². The topological polar surface area (TPSA) is 79.2 Å². The summed E-state index contributed by atoms with van der Waals surface area (Å²) in [5.41, 5.74) is 0. The van der Waals surface area contributed by atoms with E-state index in [1.165, 1.54) is 0 Å². The van der Waals surface area contributed by atoms with E-state index in [0.29, 0.717) is 6.61 Å². The van der Waals surface area contributed by atoms with Crippen molar-refractivity contribution in [2.24, 2.45) is 0 Å². The van der Waals surface area contributed by atoms with Gasteiger partial charge < -0.3 is 10.1 Å². The van der Waals surface area contributed by atoms with Crippen molar-refractivity contribution in [3.05, 3.63) is 0 Å². The highest BCUT2D eigenvalue weighted by Crippen LogP contribution is 2.09. The Morgan fingerprint density at radius 3 is 2.64 bits per heavy atom. The van der Waals surface area contributed by atoms with Gasteiger partial charge in [-0.3, -0.25) is 0 Å². The molecule has 1 fully saturated rings. The predicted octanol–water partition coefficient (Wildman–Crippen LogP) is -0.700. The summed E-state index contributed by atoms with van der Waals surface area (Å²) >= 11 is 0. The first kappa shape index (κ1) is 11.4.